The molecule has 0 bridgehead atoms. The van der Waals surface area contributed by atoms with Crippen molar-refractivity contribution in [1.29, 1.82) is 0 Å². The first-order chi connectivity index (χ1) is 4.58. The molecule has 11 heavy (non-hydrogen) atoms. The Hall–Kier alpha value is 0.130. The molecular weight excluding hydrogens is 193 g/mol. The molecule has 0 saturated carbocycles. The van der Waals surface area contributed by atoms with Gasteiger partial charge in [-0.15, -0.1) is 16.3 Å². The van der Waals surface area contributed by atoms with Gasteiger partial charge < -0.3 is 5.32 Å². The monoisotopic (exact) mass is 203 g/mol. The zero-order valence-corrected chi connectivity index (χ0v) is 7.55. The summed E-state index contributed by atoms with van der Waals surface area (Å²) in [5.74, 6) is -0.368. The van der Waals surface area contributed by atoms with Crippen LogP contribution in [0.25, 0.3) is 0 Å². The molecule has 1 fully saturated rings. The smallest absolute Gasteiger partial charge is 0.303 e. The third kappa shape index (κ3) is 4.55. The maximum absolute atomic E-state index is 12.0. The van der Waals surface area contributed by atoms with Gasteiger partial charge in [-0.3, -0.25) is 0 Å². The maximum atomic E-state index is 12.0. The van der Waals surface area contributed by atoms with Crippen molar-refractivity contribution in [1.82, 2.24) is 5.32 Å². The SMILES string of the molecule is Cl.O=S(=O)(F)CC1CCCN1. The Morgan fingerprint density at radius 3 is 2.55 bits per heavy atom. The predicted molar refractivity (Wildman–Crippen MR) is 43.2 cm³/mol. The Morgan fingerprint density at radius 1 is 1.55 bits per heavy atom. The average Bonchev–Trinajstić information content (AvgIpc) is 2.12. The second-order valence-electron chi connectivity index (χ2n) is 2.50. The lowest BCUT2D eigenvalue weighted by Gasteiger charge is -2.04. The Balaban J connectivity index is 0.000001000. The summed E-state index contributed by atoms with van der Waals surface area (Å²) in [6, 6.07) is -0.157. The summed E-state index contributed by atoms with van der Waals surface area (Å²) >= 11 is 0. The first-order valence-electron chi connectivity index (χ1n) is 3.24. The van der Waals surface area contributed by atoms with E-state index in [0.29, 0.717) is 0 Å². The van der Waals surface area contributed by atoms with Crippen LogP contribution in [0.1, 0.15) is 12.8 Å². The van der Waals surface area contributed by atoms with E-state index >= 15 is 0 Å². The van der Waals surface area contributed by atoms with Crippen LogP contribution in [-0.4, -0.2) is 26.8 Å². The van der Waals surface area contributed by atoms with Gasteiger partial charge in [-0.05, 0) is 19.4 Å². The topological polar surface area (TPSA) is 46.2 Å². The van der Waals surface area contributed by atoms with Crippen LogP contribution in [0.2, 0.25) is 0 Å². The molecule has 68 valence electrons. The van der Waals surface area contributed by atoms with E-state index in [2.05, 4.69) is 5.32 Å². The standard InChI is InChI=1S/C5H10FNO2S.ClH/c6-10(8,9)4-5-2-1-3-7-5;/h5,7H,1-4H2;1H. The van der Waals surface area contributed by atoms with Crippen molar-refractivity contribution in [3.8, 4) is 0 Å². The van der Waals surface area contributed by atoms with Crippen molar-refractivity contribution in [3.05, 3.63) is 0 Å². The third-order valence-electron chi connectivity index (χ3n) is 1.56. The Kier molecular flexibility index (Phi) is 4.28. The Labute approximate surface area is 72.0 Å². The highest BCUT2D eigenvalue weighted by molar-refractivity contribution is 7.86. The van der Waals surface area contributed by atoms with Crippen LogP contribution >= 0.6 is 12.4 Å². The molecule has 1 rings (SSSR count). The normalized spacial score (nSPS) is 24.6. The minimum absolute atomic E-state index is 0. The highest BCUT2D eigenvalue weighted by atomic mass is 35.5. The first kappa shape index (κ1) is 11.1. The van der Waals surface area contributed by atoms with Crippen molar-refractivity contribution in [2.24, 2.45) is 0 Å². The van der Waals surface area contributed by atoms with Gasteiger partial charge in [0.15, 0.2) is 0 Å². The molecule has 1 heterocycles. The largest absolute Gasteiger partial charge is 0.313 e. The molecule has 3 nitrogen and oxygen atoms in total. The van der Waals surface area contributed by atoms with Gasteiger partial charge in [0.1, 0.15) is 0 Å². The third-order valence-corrected chi connectivity index (χ3v) is 2.36. The molecule has 0 aromatic rings. The van der Waals surface area contributed by atoms with Gasteiger partial charge in [-0.2, -0.15) is 8.42 Å². The molecule has 1 aliphatic rings. The van der Waals surface area contributed by atoms with E-state index in [1.165, 1.54) is 0 Å². The molecule has 0 spiro atoms. The number of hydrogen-bond acceptors (Lipinski definition) is 3. The van der Waals surface area contributed by atoms with Crippen LogP contribution in [0.4, 0.5) is 3.89 Å². The summed E-state index contributed by atoms with van der Waals surface area (Å²) in [4.78, 5) is 0. The molecular formula is C5H11ClFNO2S. The van der Waals surface area contributed by atoms with Crippen molar-refractivity contribution in [3.63, 3.8) is 0 Å². The second-order valence-corrected chi connectivity index (χ2v) is 3.91. The predicted octanol–water partition coefficient (Wildman–Crippen LogP) is 0.460. The van der Waals surface area contributed by atoms with Crippen LogP contribution in [0.15, 0.2) is 0 Å². The average molecular weight is 204 g/mol. The first-order valence-corrected chi connectivity index (χ1v) is 4.79. The second kappa shape index (κ2) is 4.23. The summed E-state index contributed by atoms with van der Waals surface area (Å²) in [5, 5.41) is 2.89. The van der Waals surface area contributed by atoms with E-state index in [4.69, 9.17) is 0 Å². The van der Waals surface area contributed by atoms with E-state index in [1.807, 2.05) is 0 Å². The van der Waals surface area contributed by atoms with E-state index in [9.17, 15) is 12.3 Å². The van der Waals surface area contributed by atoms with Gasteiger partial charge in [0.05, 0.1) is 5.75 Å². The Morgan fingerprint density at radius 2 is 2.18 bits per heavy atom. The summed E-state index contributed by atoms with van der Waals surface area (Å²) in [5.41, 5.74) is 0. The lowest BCUT2D eigenvalue weighted by molar-refractivity contribution is 0.536. The number of halogens is 2. The fourth-order valence-electron chi connectivity index (χ4n) is 1.14. The van der Waals surface area contributed by atoms with E-state index < -0.39 is 10.2 Å². The van der Waals surface area contributed by atoms with Gasteiger partial charge in [0, 0.05) is 6.04 Å². The highest BCUT2D eigenvalue weighted by Crippen LogP contribution is 2.07. The van der Waals surface area contributed by atoms with Gasteiger partial charge in [0.25, 0.3) is 0 Å². The fourth-order valence-corrected chi connectivity index (χ4v) is 1.90. The van der Waals surface area contributed by atoms with Crippen LogP contribution in [0, 0.1) is 0 Å². The van der Waals surface area contributed by atoms with Crippen molar-refractivity contribution in [2.45, 2.75) is 18.9 Å². The molecule has 1 saturated heterocycles. The minimum Gasteiger partial charge on any atom is -0.313 e. The van der Waals surface area contributed by atoms with E-state index in [0.717, 1.165) is 19.4 Å². The molecule has 0 radical (unpaired) electrons. The van der Waals surface area contributed by atoms with Crippen molar-refractivity contribution < 1.29 is 12.3 Å². The van der Waals surface area contributed by atoms with Gasteiger partial charge in [-0.25, -0.2) is 0 Å². The lowest BCUT2D eigenvalue weighted by Crippen LogP contribution is -2.28. The van der Waals surface area contributed by atoms with Gasteiger partial charge >= 0.3 is 10.2 Å². The van der Waals surface area contributed by atoms with Crippen LogP contribution < -0.4 is 5.32 Å². The van der Waals surface area contributed by atoms with Crippen LogP contribution in [0.3, 0.4) is 0 Å². The minimum atomic E-state index is -4.27. The number of rotatable bonds is 2. The molecule has 0 aromatic carbocycles. The molecule has 0 amide bonds. The summed E-state index contributed by atoms with van der Waals surface area (Å²) in [7, 11) is -4.27. The fraction of sp³-hybridized carbons (Fsp3) is 1.00. The molecule has 1 unspecified atom stereocenters. The van der Waals surface area contributed by atoms with Gasteiger partial charge in [-0.1, -0.05) is 0 Å². The lowest BCUT2D eigenvalue weighted by atomic mass is 10.3. The molecule has 1 atom stereocenters. The quantitative estimate of drug-likeness (QED) is 0.664. The van der Waals surface area contributed by atoms with Crippen LogP contribution in [-0.2, 0) is 10.2 Å². The molecule has 6 heteroatoms. The summed E-state index contributed by atoms with van der Waals surface area (Å²) < 4.78 is 32.1. The van der Waals surface area contributed by atoms with E-state index in [-0.39, 0.29) is 24.2 Å². The number of hydrogen-bond donors (Lipinski definition) is 1. The molecule has 0 aliphatic carbocycles. The van der Waals surface area contributed by atoms with Gasteiger partial charge in [0.2, 0.25) is 0 Å². The summed E-state index contributed by atoms with van der Waals surface area (Å²) in [6.45, 7) is 0.806. The maximum Gasteiger partial charge on any atom is 0.303 e. The van der Waals surface area contributed by atoms with E-state index in [1.54, 1.807) is 0 Å². The molecule has 0 aromatic heterocycles. The zero-order valence-electron chi connectivity index (χ0n) is 5.92. The Bertz CT molecular complexity index is 201. The highest BCUT2D eigenvalue weighted by Gasteiger charge is 2.20. The summed E-state index contributed by atoms with van der Waals surface area (Å²) in [6.07, 6.45) is 1.71. The number of nitrogens with one attached hydrogen (secondary N) is 1. The van der Waals surface area contributed by atoms with Crippen molar-refractivity contribution >= 4 is 22.6 Å². The van der Waals surface area contributed by atoms with Crippen LogP contribution in [0.5, 0.6) is 0 Å². The van der Waals surface area contributed by atoms with Crippen molar-refractivity contribution in [2.75, 3.05) is 12.3 Å². The molecule has 1 aliphatic heterocycles. The molecule has 1 N–H and O–H groups in total. The zero-order chi connectivity index (χ0) is 7.61.